The Morgan fingerprint density at radius 2 is 2.00 bits per heavy atom. The van der Waals surface area contributed by atoms with Crippen molar-refractivity contribution in [3.63, 3.8) is 0 Å². The van der Waals surface area contributed by atoms with Gasteiger partial charge < -0.3 is 10.1 Å². The van der Waals surface area contributed by atoms with Gasteiger partial charge in [0, 0.05) is 16.6 Å². The standard InChI is InChI=1S/C16H21NO2/c1-10-12-9-11(16(2,3)4)5-6-14(12)17-13(10)7-8-15(18)19/h5-6,9,17H,7-8H2,1-4H3,(H,18,19). The topological polar surface area (TPSA) is 53.1 Å². The average Bonchev–Trinajstić information content (AvgIpc) is 2.62. The number of carboxylic acid groups (broad SMARTS) is 1. The molecule has 0 aliphatic rings. The fourth-order valence-electron chi connectivity index (χ4n) is 2.33. The van der Waals surface area contributed by atoms with Crippen molar-refractivity contribution >= 4 is 16.9 Å². The third-order valence-electron chi connectivity index (χ3n) is 3.62. The van der Waals surface area contributed by atoms with E-state index in [9.17, 15) is 4.79 Å². The van der Waals surface area contributed by atoms with Crippen LogP contribution in [0.25, 0.3) is 10.9 Å². The van der Waals surface area contributed by atoms with Crippen LogP contribution in [0.2, 0.25) is 0 Å². The molecule has 0 spiro atoms. The van der Waals surface area contributed by atoms with Crippen molar-refractivity contribution < 1.29 is 9.90 Å². The number of hydrogen-bond donors (Lipinski definition) is 2. The highest BCUT2D eigenvalue weighted by Crippen LogP contribution is 2.29. The molecular weight excluding hydrogens is 238 g/mol. The summed E-state index contributed by atoms with van der Waals surface area (Å²) >= 11 is 0. The van der Waals surface area contributed by atoms with E-state index in [0.29, 0.717) is 6.42 Å². The van der Waals surface area contributed by atoms with Crippen LogP contribution < -0.4 is 0 Å². The molecule has 2 aromatic rings. The summed E-state index contributed by atoms with van der Waals surface area (Å²) in [5.74, 6) is -0.756. The van der Waals surface area contributed by atoms with Crippen LogP contribution in [0.15, 0.2) is 18.2 Å². The van der Waals surface area contributed by atoms with Gasteiger partial charge in [0.1, 0.15) is 0 Å². The summed E-state index contributed by atoms with van der Waals surface area (Å²) in [6.45, 7) is 8.65. The van der Waals surface area contributed by atoms with E-state index in [0.717, 1.165) is 11.2 Å². The number of fused-ring (bicyclic) bond motifs is 1. The average molecular weight is 259 g/mol. The first-order valence-corrected chi connectivity index (χ1v) is 6.62. The molecule has 0 atom stereocenters. The van der Waals surface area contributed by atoms with Crippen molar-refractivity contribution in [1.29, 1.82) is 0 Å². The van der Waals surface area contributed by atoms with Gasteiger partial charge in [0.25, 0.3) is 0 Å². The van der Waals surface area contributed by atoms with Crippen molar-refractivity contribution in [2.24, 2.45) is 0 Å². The maximum atomic E-state index is 10.7. The third-order valence-corrected chi connectivity index (χ3v) is 3.62. The fraction of sp³-hybridized carbons (Fsp3) is 0.438. The van der Waals surface area contributed by atoms with Gasteiger partial charge in [-0.1, -0.05) is 26.8 Å². The molecule has 19 heavy (non-hydrogen) atoms. The molecule has 1 aromatic heterocycles. The highest BCUT2D eigenvalue weighted by atomic mass is 16.4. The lowest BCUT2D eigenvalue weighted by Crippen LogP contribution is -2.10. The normalized spacial score (nSPS) is 12.0. The van der Waals surface area contributed by atoms with Crippen LogP contribution in [0.1, 0.15) is 44.0 Å². The van der Waals surface area contributed by atoms with Crippen molar-refractivity contribution in [3.8, 4) is 0 Å². The molecule has 0 unspecified atom stereocenters. The zero-order valence-electron chi connectivity index (χ0n) is 12.0. The maximum absolute atomic E-state index is 10.7. The number of benzene rings is 1. The number of aromatic amines is 1. The molecule has 0 bridgehead atoms. The van der Waals surface area contributed by atoms with Crippen LogP contribution in [0, 0.1) is 6.92 Å². The predicted octanol–water partition coefficient (Wildman–Crippen LogP) is 3.79. The minimum Gasteiger partial charge on any atom is -0.481 e. The Hall–Kier alpha value is -1.77. The van der Waals surface area contributed by atoms with E-state index >= 15 is 0 Å². The number of aromatic nitrogens is 1. The molecule has 2 rings (SSSR count). The summed E-state index contributed by atoms with van der Waals surface area (Å²) in [6.07, 6.45) is 0.723. The molecule has 1 heterocycles. The van der Waals surface area contributed by atoms with Crippen molar-refractivity contribution in [2.75, 3.05) is 0 Å². The summed E-state index contributed by atoms with van der Waals surface area (Å²) < 4.78 is 0. The second-order valence-electron chi connectivity index (χ2n) is 6.13. The Balaban J connectivity index is 2.43. The number of aryl methyl sites for hydroxylation is 2. The first-order valence-electron chi connectivity index (χ1n) is 6.62. The molecule has 0 aliphatic carbocycles. The number of carboxylic acids is 1. The van der Waals surface area contributed by atoms with Gasteiger partial charge in [0.2, 0.25) is 0 Å². The zero-order valence-corrected chi connectivity index (χ0v) is 12.0. The Bertz CT molecular complexity index is 617. The Labute approximate surface area is 113 Å². The summed E-state index contributed by atoms with van der Waals surface area (Å²) in [4.78, 5) is 14.0. The van der Waals surface area contributed by atoms with Crippen LogP contribution in [-0.2, 0) is 16.6 Å². The minimum absolute atomic E-state index is 0.124. The molecule has 2 N–H and O–H groups in total. The van der Waals surface area contributed by atoms with Crippen molar-refractivity contribution in [2.45, 2.75) is 46.0 Å². The molecule has 0 amide bonds. The van der Waals surface area contributed by atoms with Gasteiger partial charge in [0.05, 0.1) is 6.42 Å². The summed E-state index contributed by atoms with van der Waals surface area (Å²) in [6, 6.07) is 6.44. The van der Waals surface area contributed by atoms with Crippen LogP contribution in [-0.4, -0.2) is 16.1 Å². The van der Waals surface area contributed by atoms with Crippen LogP contribution in [0.3, 0.4) is 0 Å². The van der Waals surface area contributed by atoms with Gasteiger partial charge in [-0.15, -0.1) is 0 Å². The molecule has 0 radical (unpaired) electrons. The van der Waals surface area contributed by atoms with E-state index in [1.165, 1.54) is 16.5 Å². The van der Waals surface area contributed by atoms with Crippen molar-refractivity contribution in [3.05, 3.63) is 35.0 Å². The Morgan fingerprint density at radius 3 is 2.58 bits per heavy atom. The molecular formula is C16H21NO2. The number of aliphatic carboxylic acids is 1. The lowest BCUT2D eigenvalue weighted by molar-refractivity contribution is -0.136. The number of carbonyl (C=O) groups is 1. The number of H-pyrrole nitrogens is 1. The predicted molar refractivity (Wildman–Crippen MR) is 77.7 cm³/mol. The quantitative estimate of drug-likeness (QED) is 0.881. The van der Waals surface area contributed by atoms with Gasteiger partial charge in [0.15, 0.2) is 0 Å². The van der Waals surface area contributed by atoms with Crippen LogP contribution in [0.4, 0.5) is 0 Å². The highest BCUT2D eigenvalue weighted by Gasteiger charge is 2.16. The summed E-state index contributed by atoms with van der Waals surface area (Å²) in [5.41, 5.74) is 4.71. The van der Waals surface area contributed by atoms with E-state index in [4.69, 9.17) is 5.11 Å². The van der Waals surface area contributed by atoms with Crippen LogP contribution in [0.5, 0.6) is 0 Å². The summed E-state index contributed by atoms with van der Waals surface area (Å²) in [5, 5.41) is 9.98. The van der Waals surface area contributed by atoms with Crippen LogP contribution >= 0.6 is 0 Å². The SMILES string of the molecule is Cc1c(CCC(=O)O)[nH]c2ccc(C(C)(C)C)cc12. The second kappa shape index (κ2) is 4.72. The van der Waals surface area contributed by atoms with E-state index in [-0.39, 0.29) is 11.8 Å². The molecule has 102 valence electrons. The minimum atomic E-state index is -0.756. The lowest BCUT2D eigenvalue weighted by Gasteiger charge is -2.18. The van der Waals surface area contributed by atoms with Gasteiger partial charge >= 0.3 is 5.97 Å². The number of rotatable bonds is 3. The smallest absolute Gasteiger partial charge is 0.303 e. The first-order chi connectivity index (χ1) is 8.79. The number of hydrogen-bond acceptors (Lipinski definition) is 1. The van der Waals surface area contributed by atoms with Gasteiger partial charge in [-0.25, -0.2) is 0 Å². The maximum Gasteiger partial charge on any atom is 0.303 e. The Morgan fingerprint density at radius 1 is 1.32 bits per heavy atom. The van der Waals surface area contributed by atoms with E-state index in [1.807, 2.05) is 0 Å². The largest absolute Gasteiger partial charge is 0.481 e. The molecule has 0 saturated heterocycles. The molecule has 3 heteroatoms. The second-order valence-corrected chi connectivity index (χ2v) is 6.13. The monoisotopic (exact) mass is 259 g/mol. The Kier molecular flexibility index (Phi) is 3.40. The van der Waals surface area contributed by atoms with Gasteiger partial charge in [-0.2, -0.15) is 0 Å². The van der Waals surface area contributed by atoms with E-state index < -0.39 is 5.97 Å². The zero-order chi connectivity index (χ0) is 14.2. The summed E-state index contributed by atoms with van der Waals surface area (Å²) in [7, 11) is 0. The third kappa shape index (κ3) is 2.80. The number of nitrogens with one attached hydrogen (secondary N) is 1. The first kappa shape index (κ1) is 13.7. The molecule has 3 nitrogen and oxygen atoms in total. The van der Waals surface area contributed by atoms with Gasteiger partial charge in [-0.3, -0.25) is 4.79 Å². The molecule has 0 fully saturated rings. The molecule has 1 aromatic carbocycles. The molecule has 0 saturated carbocycles. The van der Waals surface area contributed by atoms with E-state index in [1.54, 1.807) is 0 Å². The van der Waals surface area contributed by atoms with E-state index in [2.05, 4.69) is 50.9 Å². The lowest BCUT2D eigenvalue weighted by atomic mass is 9.86. The molecule has 0 aliphatic heterocycles. The fourth-order valence-corrected chi connectivity index (χ4v) is 2.33. The van der Waals surface area contributed by atoms with Gasteiger partial charge in [-0.05, 0) is 42.0 Å². The highest BCUT2D eigenvalue weighted by molar-refractivity contribution is 5.85. The van der Waals surface area contributed by atoms with Crippen molar-refractivity contribution in [1.82, 2.24) is 4.98 Å².